The molecule has 0 aliphatic carbocycles. The van der Waals surface area contributed by atoms with E-state index in [9.17, 15) is 9.18 Å². The molecular formula is C18H19BrFIN4O2. The number of anilines is 2. The average molecular weight is 549 g/mol. The number of morpholine rings is 1. The van der Waals surface area contributed by atoms with E-state index in [0.29, 0.717) is 28.1 Å². The number of halogens is 3. The fourth-order valence-corrected chi connectivity index (χ4v) is 3.49. The van der Waals surface area contributed by atoms with Crippen molar-refractivity contribution in [2.45, 2.75) is 0 Å². The summed E-state index contributed by atoms with van der Waals surface area (Å²) in [5.74, 6) is -0.622. The number of nitrogens with zero attached hydrogens (tertiary/aromatic N) is 2. The zero-order chi connectivity index (χ0) is 19.2. The fraction of sp³-hybridized carbons (Fsp3) is 0.333. The van der Waals surface area contributed by atoms with Crippen molar-refractivity contribution in [1.82, 2.24) is 15.2 Å². The highest BCUT2D eigenvalue weighted by Crippen LogP contribution is 2.25. The maximum Gasteiger partial charge on any atom is 0.253 e. The van der Waals surface area contributed by atoms with E-state index in [1.54, 1.807) is 18.2 Å². The Labute approximate surface area is 179 Å². The van der Waals surface area contributed by atoms with Gasteiger partial charge >= 0.3 is 0 Å². The average Bonchev–Trinajstić information content (AvgIpc) is 2.66. The molecule has 0 saturated carbocycles. The van der Waals surface area contributed by atoms with Crippen molar-refractivity contribution in [2.24, 2.45) is 0 Å². The van der Waals surface area contributed by atoms with Gasteiger partial charge in [0.1, 0.15) is 10.4 Å². The first-order valence-electron chi connectivity index (χ1n) is 8.49. The lowest BCUT2D eigenvalue weighted by molar-refractivity contribution is 0.0383. The number of rotatable bonds is 6. The van der Waals surface area contributed by atoms with Gasteiger partial charge in [-0.05, 0) is 62.8 Å². The summed E-state index contributed by atoms with van der Waals surface area (Å²) in [4.78, 5) is 19.0. The topological polar surface area (TPSA) is 66.5 Å². The van der Waals surface area contributed by atoms with E-state index in [2.05, 4.69) is 36.4 Å². The number of benzene rings is 1. The fourth-order valence-electron chi connectivity index (χ4n) is 2.70. The van der Waals surface area contributed by atoms with Crippen molar-refractivity contribution in [1.29, 1.82) is 0 Å². The van der Waals surface area contributed by atoms with Crippen LogP contribution in [-0.2, 0) is 4.74 Å². The van der Waals surface area contributed by atoms with Gasteiger partial charge in [-0.1, -0.05) is 0 Å². The van der Waals surface area contributed by atoms with Gasteiger partial charge in [-0.25, -0.2) is 9.37 Å². The molecule has 9 heteroatoms. The summed E-state index contributed by atoms with van der Waals surface area (Å²) in [6.45, 7) is 4.47. The Kier molecular flexibility index (Phi) is 7.39. The standard InChI is InChI=1S/C18H19BrFIN4O2/c19-17-10-13(18(26)22-3-4-25-5-7-27-8-6-25)16(11-23-17)24-15-2-1-12(21)9-14(15)20/h1-2,9-11,24H,3-8H2,(H,22,26). The van der Waals surface area contributed by atoms with Crippen LogP contribution in [0.1, 0.15) is 10.4 Å². The second-order valence-corrected chi connectivity index (χ2v) is 8.07. The normalized spacial score (nSPS) is 14.8. The third-order valence-corrected chi connectivity index (χ3v) is 5.24. The first-order chi connectivity index (χ1) is 13.0. The van der Waals surface area contributed by atoms with Crippen LogP contribution in [0, 0.1) is 9.39 Å². The van der Waals surface area contributed by atoms with Crippen molar-refractivity contribution >= 4 is 55.8 Å². The Bertz CT molecular complexity index is 818. The lowest BCUT2D eigenvalue weighted by Gasteiger charge is -2.26. The van der Waals surface area contributed by atoms with Crippen LogP contribution in [-0.4, -0.2) is 55.2 Å². The van der Waals surface area contributed by atoms with Crippen molar-refractivity contribution in [3.8, 4) is 0 Å². The molecule has 1 amide bonds. The van der Waals surface area contributed by atoms with Gasteiger partial charge in [0.2, 0.25) is 0 Å². The van der Waals surface area contributed by atoms with Gasteiger partial charge in [0.15, 0.2) is 0 Å². The van der Waals surface area contributed by atoms with Crippen molar-refractivity contribution in [3.05, 3.63) is 50.0 Å². The lowest BCUT2D eigenvalue weighted by atomic mass is 10.2. The molecule has 27 heavy (non-hydrogen) atoms. The second kappa shape index (κ2) is 9.76. The molecule has 1 aliphatic rings. The summed E-state index contributed by atoms with van der Waals surface area (Å²) in [5, 5.41) is 5.88. The maximum atomic E-state index is 14.1. The minimum Gasteiger partial charge on any atom is -0.379 e. The molecule has 3 rings (SSSR count). The van der Waals surface area contributed by atoms with Crippen LogP contribution < -0.4 is 10.6 Å². The van der Waals surface area contributed by atoms with Crippen LogP contribution in [0.4, 0.5) is 15.8 Å². The van der Waals surface area contributed by atoms with Crippen LogP contribution in [0.2, 0.25) is 0 Å². The Morgan fingerprint density at radius 3 is 2.81 bits per heavy atom. The molecule has 0 bridgehead atoms. The molecule has 2 N–H and O–H groups in total. The van der Waals surface area contributed by atoms with E-state index in [4.69, 9.17) is 4.74 Å². The van der Waals surface area contributed by atoms with Crippen molar-refractivity contribution in [2.75, 3.05) is 44.7 Å². The first-order valence-corrected chi connectivity index (χ1v) is 10.4. The number of pyridine rings is 1. The smallest absolute Gasteiger partial charge is 0.253 e. The molecule has 2 heterocycles. The Morgan fingerprint density at radius 2 is 2.07 bits per heavy atom. The molecule has 0 unspecified atom stereocenters. The van der Waals surface area contributed by atoms with Crippen molar-refractivity contribution in [3.63, 3.8) is 0 Å². The van der Waals surface area contributed by atoms with Gasteiger partial charge in [-0.2, -0.15) is 0 Å². The Morgan fingerprint density at radius 1 is 1.30 bits per heavy atom. The number of carbonyl (C=O) groups is 1. The maximum absolute atomic E-state index is 14.1. The summed E-state index contributed by atoms with van der Waals surface area (Å²) in [6.07, 6.45) is 1.51. The summed E-state index contributed by atoms with van der Waals surface area (Å²) in [6, 6.07) is 6.48. The molecular weight excluding hydrogens is 530 g/mol. The van der Waals surface area contributed by atoms with Crippen molar-refractivity contribution < 1.29 is 13.9 Å². The Balaban J connectivity index is 1.68. The predicted octanol–water partition coefficient (Wildman–Crippen LogP) is 3.39. The molecule has 1 aromatic carbocycles. The molecule has 1 fully saturated rings. The van der Waals surface area contributed by atoms with Crippen LogP contribution in [0.3, 0.4) is 0 Å². The lowest BCUT2D eigenvalue weighted by Crippen LogP contribution is -2.41. The third-order valence-electron chi connectivity index (χ3n) is 4.13. The van der Waals surface area contributed by atoms with Crippen LogP contribution >= 0.6 is 38.5 Å². The quantitative estimate of drug-likeness (QED) is 0.428. The van der Waals surface area contributed by atoms with Crippen LogP contribution in [0.5, 0.6) is 0 Å². The molecule has 0 spiro atoms. The number of aromatic nitrogens is 1. The highest BCUT2D eigenvalue weighted by Gasteiger charge is 2.16. The molecule has 2 aromatic rings. The number of ether oxygens (including phenoxy) is 1. The van der Waals surface area contributed by atoms with Crippen LogP contribution in [0.25, 0.3) is 0 Å². The number of carbonyl (C=O) groups excluding carboxylic acids is 1. The van der Waals surface area contributed by atoms with Gasteiger partial charge in [0.25, 0.3) is 5.91 Å². The summed E-state index contributed by atoms with van der Waals surface area (Å²) in [5.41, 5.74) is 1.14. The molecule has 1 aromatic heterocycles. The van der Waals surface area contributed by atoms with E-state index in [1.807, 2.05) is 22.6 Å². The van der Waals surface area contributed by atoms with Gasteiger partial charge in [-0.3, -0.25) is 9.69 Å². The number of hydrogen-bond donors (Lipinski definition) is 2. The van der Waals surface area contributed by atoms with Gasteiger partial charge in [0, 0.05) is 29.7 Å². The molecule has 6 nitrogen and oxygen atoms in total. The van der Waals surface area contributed by atoms with Gasteiger partial charge < -0.3 is 15.4 Å². The minimum atomic E-state index is -0.386. The highest BCUT2D eigenvalue weighted by molar-refractivity contribution is 14.1. The number of hydrogen-bond acceptors (Lipinski definition) is 5. The second-order valence-electron chi connectivity index (χ2n) is 6.01. The third kappa shape index (κ3) is 5.84. The van der Waals surface area contributed by atoms with Gasteiger partial charge in [0.05, 0.1) is 36.3 Å². The highest BCUT2D eigenvalue weighted by atomic mass is 127. The molecule has 0 atom stereocenters. The summed E-state index contributed by atoms with van der Waals surface area (Å²) in [7, 11) is 0. The first kappa shape index (κ1) is 20.4. The van der Waals surface area contributed by atoms with E-state index >= 15 is 0 Å². The van der Waals surface area contributed by atoms with E-state index < -0.39 is 0 Å². The van der Waals surface area contributed by atoms with E-state index in [1.165, 1.54) is 12.3 Å². The molecule has 144 valence electrons. The summed E-state index contributed by atoms with van der Waals surface area (Å²) >= 11 is 5.33. The molecule has 1 aliphatic heterocycles. The molecule has 0 radical (unpaired) electrons. The minimum absolute atomic E-state index is 0.236. The molecule has 1 saturated heterocycles. The van der Waals surface area contributed by atoms with Gasteiger partial charge in [-0.15, -0.1) is 0 Å². The SMILES string of the molecule is O=C(NCCN1CCOCC1)c1cc(Br)ncc1Nc1ccc(I)cc1F. The largest absolute Gasteiger partial charge is 0.379 e. The Hall–Kier alpha value is -1.30. The zero-order valence-corrected chi connectivity index (χ0v) is 18.2. The monoisotopic (exact) mass is 548 g/mol. The predicted molar refractivity (Wildman–Crippen MR) is 114 cm³/mol. The number of nitrogens with one attached hydrogen (secondary N) is 2. The zero-order valence-electron chi connectivity index (χ0n) is 14.5. The van der Waals surface area contributed by atoms with E-state index in [-0.39, 0.29) is 11.7 Å². The van der Waals surface area contributed by atoms with Crippen LogP contribution in [0.15, 0.2) is 35.1 Å². The summed E-state index contributed by atoms with van der Waals surface area (Å²) < 4.78 is 20.8. The van der Waals surface area contributed by atoms with E-state index in [0.717, 1.165) is 36.4 Å². The number of amides is 1.